The number of hydrogen-bond acceptors (Lipinski definition) is 7. The third kappa shape index (κ3) is 4.94. The molecule has 0 aliphatic heterocycles. The SMILES string of the molecule is COc1cc(C)nc2ccc(NC(=O)c3ccc(C(=O)Nc4ccc5nc(C)cc(OC)c5c4)s3)cc12. The smallest absolute Gasteiger partial charge is 0.265 e. The Kier molecular flexibility index (Phi) is 6.45. The molecule has 0 radical (unpaired) electrons. The van der Waals surface area contributed by atoms with Crippen LogP contribution in [0.3, 0.4) is 0 Å². The maximum atomic E-state index is 12.9. The monoisotopic (exact) mass is 512 g/mol. The normalized spacial score (nSPS) is 10.9. The fourth-order valence-corrected chi connectivity index (χ4v) is 4.90. The molecule has 0 saturated carbocycles. The largest absolute Gasteiger partial charge is 0.496 e. The summed E-state index contributed by atoms with van der Waals surface area (Å²) in [5.74, 6) is 0.760. The van der Waals surface area contributed by atoms with Crippen molar-refractivity contribution in [3.63, 3.8) is 0 Å². The van der Waals surface area contributed by atoms with Gasteiger partial charge in [0.25, 0.3) is 11.8 Å². The number of pyridine rings is 2. The van der Waals surface area contributed by atoms with Gasteiger partial charge in [-0.3, -0.25) is 19.6 Å². The van der Waals surface area contributed by atoms with E-state index < -0.39 is 0 Å². The molecule has 0 saturated heterocycles. The van der Waals surface area contributed by atoms with Gasteiger partial charge in [-0.25, -0.2) is 0 Å². The average Bonchev–Trinajstić information content (AvgIpc) is 3.39. The van der Waals surface area contributed by atoms with Crippen molar-refractivity contribution in [1.82, 2.24) is 9.97 Å². The first-order valence-electron chi connectivity index (χ1n) is 11.5. The van der Waals surface area contributed by atoms with Gasteiger partial charge in [0.05, 0.1) is 35.0 Å². The summed E-state index contributed by atoms with van der Waals surface area (Å²) in [4.78, 5) is 35.6. The minimum absolute atomic E-state index is 0.306. The first-order valence-corrected chi connectivity index (χ1v) is 12.3. The highest BCUT2D eigenvalue weighted by atomic mass is 32.1. The van der Waals surface area contributed by atoms with Crippen LogP contribution in [0.15, 0.2) is 60.7 Å². The molecule has 2 amide bonds. The number of carbonyl (C=O) groups excluding carboxylic acids is 2. The number of nitrogens with one attached hydrogen (secondary N) is 2. The van der Waals surface area contributed by atoms with E-state index in [1.807, 2.05) is 50.2 Å². The van der Waals surface area contributed by atoms with Crippen molar-refractivity contribution < 1.29 is 19.1 Å². The highest BCUT2D eigenvalue weighted by molar-refractivity contribution is 7.16. The molecule has 3 aromatic heterocycles. The van der Waals surface area contributed by atoms with Crippen LogP contribution in [0.4, 0.5) is 11.4 Å². The third-order valence-electron chi connectivity index (χ3n) is 5.81. The quantitative estimate of drug-likeness (QED) is 0.290. The zero-order valence-corrected chi connectivity index (χ0v) is 21.5. The second kappa shape index (κ2) is 9.87. The number of methoxy groups -OCH3 is 2. The molecule has 0 spiro atoms. The van der Waals surface area contributed by atoms with Crippen molar-refractivity contribution >= 4 is 56.3 Å². The number of amides is 2. The molecule has 0 aliphatic carbocycles. The number of fused-ring (bicyclic) bond motifs is 2. The van der Waals surface area contributed by atoms with E-state index in [0.29, 0.717) is 32.6 Å². The molecule has 9 heteroatoms. The predicted octanol–water partition coefficient (Wildman–Crippen LogP) is 5.98. The summed E-state index contributed by atoms with van der Waals surface area (Å²) in [5.41, 5.74) is 4.47. The number of rotatable bonds is 6. The fraction of sp³-hybridized carbons (Fsp3) is 0.143. The number of thiophene rings is 1. The summed E-state index contributed by atoms with van der Waals surface area (Å²) < 4.78 is 10.9. The van der Waals surface area contributed by atoms with E-state index >= 15 is 0 Å². The van der Waals surface area contributed by atoms with Crippen LogP contribution in [-0.4, -0.2) is 36.0 Å². The van der Waals surface area contributed by atoms with E-state index in [4.69, 9.17) is 9.47 Å². The lowest BCUT2D eigenvalue weighted by molar-refractivity contribution is 0.102. The van der Waals surface area contributed by atoms with Crippen LogP contribution >= 0.6 is 11.3 Å². The lowest BCUT2D eigenvalue weighted by Gasteiger charge is -2.10. The maximum absolute atomic E-state index is 12.9. The van der Waals surface area contributed by atoms with Gasteiger partial charge in [-0.05, 0) is 62.4 Å². The molecule has 0 atom stereocenters. The molecule has 0 fully saturated rings. The molecule has 8 nitrogen and oxygen atoms in total. The Bertz CT molecular complexity index is 1560. The lowest BCUT2D eigenvalue weighted by atomic mass is 10.1. The molecule has 37 heavy (non-hydrogen) atoms. The number of anilines is 2. The minimum atomic E-state index is -0.306. The van der Waals surface area contributed by atoms with Gasteiger partial charge in [-0.1, -0.05) is 0 Å². The number of benzene rings is 2. The minimum Gasteiger partial charge on any atom is -0.496 e. The van der Waals surface area contributed by atoms with Crippen LogP contribution < -0.4 is 20.1 Å². The van der Waals surface area contributed by atoms with Crippen molar-refractivity contribution in [2.75, 3.05) is 24.9 Å². The number of carbonyl (C=O) groups is 2. The Morgan fingerprint density at radius 2 is 1.11 bits per heavy atom. The highest BCUT2D eigenvalue weighted by Crippen LogP contribution is 2.30. The molecule has 2 aromatic carbocycles. The summed E-state index contributed by atoms with van der Waals surface area (Å²) in [6.07, 6.45) is 0. The van der Waals surface area contributed by atoms with Crippen molar-refractivity contribution in [2.24, 2.45) is 0 Å². The van der Waals surface area contributed by atoms with Gasteiger partial charge >= 0.3 is 0 Å². The fourth-order valence-electron chi connectivity index (χ4n) is 4.10. The van der Waals surface area contributed by atoms with Gasteiger partial charge < -0.3 is 20.1 Å². The van der Waals surface area contributed by atoms with E-state index in [1.165, 1.54) is 0 Å². The second-order valence-corrected chi connectivity index (χ2v) is 9.55. The first kappa shape index (κ1) is 24.2. The van der Waals surface area contributed by atoms with E-state index in [9.17, 15) is 9.59 Å². The van der Waals surface area contributed by atoms with Gasteiger partial charge in [0.15, 0.2) is 0 Å². The van der Waals surface area contributed by atoms with Crippen LogP contribution in [0.5, 0.6) is 11.5 Å². The van der Waals surface area contributed by atoms with E-state index in [-0.39, 0.29) is 11.8 Å². The van der Waals surface area contributed by atoms with Crippen molar-refractivity contribution in [2.45, 2.75) is 13.8 Å². The van der Waals surface area contributed by atoms with Gasteiger partial charge in [0.2, 0.25) is 0 Å². The zero-order valence-electron chi connectivity index (χ0n) is 20.7. The molecular formula is C28H24N4O4S. The molecule has 2 N–H and O–H groups in total. The van der Waals surface area contributed by atoms with Crippen molar-refractivity contribution in [3.05, 3.63) is 81.8 Å². The topological polar surface area (TPSA) is 102 Å². The van der Waals surface area contributed by atoms with E-state index in [0.717, 1.165) is 44.5 Å². The van der Waals surface area contributed by atoms with Crippen molar-refractivity contribution in [3.8, 4) is 11.5 Å². The Labute approximate surface area is 217 Å². The van der Waals surface area contributed by atoms with Crippen LogP contribution in [0.2, 0.25) is 0 Å². The molecule has 5 aromatic rings. The Morgan fingerprint density at radius 3 is 1.51 bits per heavy atom. The lowest BCUT2D eigenvalue weighted by Crippen LogP contribution is -2.11. The van der Waals surface area contributed by atoms with Crippen LogP contribution in [0, 0.1) is 13.8 Å². The second-order valence-electron chi connectivity index (χ2n) is 8.47. The van der Waals surface area contributed by atoms with Gasteiger partial charge in [0, 0.05) is 45.7 Å². The van der Waals surface area contributed by atoms with Crippen molar-refractivity contribution in [1.29, 1.82) is 0 Å². The summed E-state index contributed by atoms with van der Waals surface area (Å²) in [7, 11) is 3.20. The maximum Gasteiger partial charge on any atom is 0.265 e. The first-order chi connectivity index (χ1) is 17.8. The highest BCUT2D eigenvalue weighted by Gasteiger charge is 2.16. The number of hydrogen-bond donors (Lipinski definition) is 2. The molecular weight excluding hydrogens is 488 g/mol. The summed E-state index contributed by atoms with van der Waals surface area (Å²) >= 11 is 1.12. The summed E-state index contributed by atoms with van der Waals surface area (Å²) in [6, 6.07) is 17.9. The number of nitrogens with zero attached hydrogens (tertiary/aromatic N) is 2. The predicted molar refractivity (Wildman–Crippen MR) is 146 cm³/mol. The third-order valence-corrected chi connectivity index (χ3v) is 6.89. The van der Waals surface area contributed by atoms with E-state index in [1.54, 1.807) is 38.5 Å². The van der Waals surface area contributed by atoms with Crippen LogP contribution in [0.25, 0.3) is 21.8 Å². The Balaban J connectivity index is 1.32. The number of ether oxygens (including phenoxy) is 2. The van der Waals surface area contributed by atoms with Gasteiger partial charge in [-0.15, -0.1) is 11.3 Å². The van der Waals surface area contributed by atoms with Crippen LogP contribution in [0.1, 0.15) is 30.7 Å². The molecule has 0 aliphatic rings. The molecule has 3 heterocycles. The zero-order chi connectivity index (χ0) is 26.1. The van der Waals surface area contributed by atoms with E-state index in [2.05, 4.69) is 20.6 Å². The number of aromatic nitrogens is 2. The standard InChI is InChI=1S/C28H24N4O4S/c1-15-11-23(35-3)19-13-17(5-7-21(19)29-15)31-27(33)25-9-10-26(37-25)28(34)32-18-6-8-22-20(14-18)24(36-4)12-16(2)30-22/h5-14H,1-4H3,(H,31,33)(H,32,34). The van der Waals surface area contributed by atoms with Crippen LogP contribution in [-0.2, 0) is 0 Å². The molecule has 0 unspecified atom stereocenters. The molecule has 186 valence electrons. The summed E-state index contributed by atoms with van der Waals surface area (Å²) in [6.45, 7) is 3.80. The Hall–Kier alpha value is -4.50. The molecule has 0 bridgehead atoms. The molecule has 5 rings (SSSR count). The summed E-state index contributed by atoms with van der Waals surface area (Å²) in [5, 5.41) is 7.38. The average molecular weight is 513 g/mol. The van der Waals surface area contributed by atoms with Gasteiger partial charge in [0.1, 0.15) is 11.5 Å². The number of aryl methyl sites for hydroxylation is 2. The van der Waals surface area contributed by atoms with Gasteiger partial charge in [-0.2, -0.15) is 0 Å². The Morgan fingerprint density at radius 1 is 0.676 bits per heavy atom.